The molecule has 6 N–H and O–H groups in total. The lowest BCUT2D eigenvalue weighted by Crippen LogP contribution is -2.59. The molecule has 318 valence electrons. The third-order valence-corrected chi connectivity index (χ3v) is 11.6. The molecule has 1 aromatic heterocycles. The molecule has 2 aliphatic rings. The first-order chi connectivity index (χ1) is 29.4. The van der Waals surface area contributed by atoms with Gasteiger partial charge in [0, 0.05) is 30.7 Å². The number of rotatable bonds is 12. The van der Waals surface area contributed by atoms with Crippen LogP contribution >= 0.6 is 11.3 Å². The minimum absolute atomic E-state index is 0.0230. The number of carbonyl (C=O) groups is 5. The summed E-state index contributed by atoms with van der Waals surface area (Å²) >= 11 is 1.41. The molecule has 5 aromatic rings. The molecule has 14 nitrogen and oxygen atoms in total. The molecule has 2 aliphatic heterocycles. The third-order valence-electron chi connectivity index (χ3n) is 9.99. The minimum atomic E-state index is -4.39. The van der Waals surface area contributed by atoms with E-state index in [1.807, 2.05) is 102 Å². The fourth-order valence-electron chi connectivity index (χ4n) is 6.77. The zero-order valence-corrected chi connectivity index (χ0v) is 34.8. The monoisotopic (exact) mass is 865 g/mol. The predicted molar refractivity (Wildman–Crippen MR) is 231 cm³/mol. The molecule has 4 aromatic carbocycles. The summed E-state index contributed by atoms with van der Waals surface area (Å²) in [6.45, 7) is -0.850. The number of fused-ring (bicyclic) bond motifs is 16. The van der Waals surface area contributed by atoms with Crippen LogP contribution in [0.15, 0.2) is 127 Å². The van der Waals surface area contributed by atoms with Crippen molar-refractivity contribution in [2.75, 3.05) is 18.9 Å². The molecule has 5 amide bonds. The van der Waals surface area contributed by atoms with Gasteiger partial charge in [-0.1, -0.05) is 103 Å². The molecule has 4 atom stereocenters. The van der Waals surface area contributed by atoms with Gasteiger partial charge in [-0.2, -0.15) is 8.42 Å². The Morgan fingerprint density at radius 1 is 0.689 bits per heavy atom. The molecule has 2 bridgehead atoms. The van der Waals surface area contributed by atoms with E-state index in [9.17, 15) is 36.9 Å². The summed E-state index contributed by atoms with van der Waals surface area (Å²) in [5.74, 6) is -3.73. The van der Waals surface area contributed by atoms with Crippen LogP contribution in [-0.2, 0) is 59.8 Å². The molecule has 61 heavy (non-hydrogen) atoms. The van der Waals surface area contributed by atoms with Crippen molar-refractivity contribution in [2.45, 2.75) is 56.3 Å². The zero-order valence-electron chi connectivity index (χ0n) is 33.1. The van der Waals surface area contributed by atoms with Crippen molar-refractivity contribution in [3.05, 3.63) is 148 Å². The Balaban J connectivity index is 1.34. The fourth-order valence-corrected chi connectivity index (χ4v) is 7.88. The first-order valence-corrected chi connectivity index (χ1v) is 22.2. The molecule has 3 heterocycles. The Labute approximate surface area is 358 Å². The normalized spacial score (nSPS) is 19.2. The van der Waals surface area contributed by atoms with Crippen molar-refractivity contribution in [2.24, 2.45) is 0 Å². The first kappa shape index (κ1) is 44.2. The summed E-state index contributed by atoms with van der Waals surface area (Å²) < 4.78 is 37.8. The van der Waals surface area contributed by atoms with Crippen molar-refractivity contribution in [1.29, 1.82) is 0 Å². The zero-order chi connectivity index (χ0) is 43.2. The highest BCUT2D eigenvalue weighted by Crippen LogP contribution is 2.21. The standard InChI is InChI=1S/C45H47N5O9S2/c51-41-29-59-35-20-15-32(16-21-35)26-38(42(52)46-23-25-61(56,57)58)49-43(53)37(22-17-30-8-3-1-4-9-30)48-44(54)39(50-45(55)40(47-41)28-36-12-7-24-60-36)27-31-13-18-34(19-14-31)33-10-5-2-6-11-33/h1-16,18-21,24,37-40H,17,22-23,25-29H2,(H,46,52)(H,47,51)(H,48,54)(H,49,53)(H,50,55)(H,56,57,58)/t37-,38-,39+,40-/m0/s1. The fraction of sp³-hybridized carbons (Fsp3) is 0.267. The number of hydrogen-bond donors (Lipinski definition) is 6. The summed E-state index contributed by atoms with van der Waals surface area (Å²) in [4.78, 5) is 70.7. The average Bonchev–Trinajstić information content (AvgIpc) is 3.77. The second-order valence-corrected chi connectivity index (χ2v) is 17.2. The molecule has 0 aliphatic carbocycles. The molecule has 0 fully saturated rings. The minimum Gasteiger partial charge on any atom is -0.484 e. The maximum Gasteiger partial charge on any atom is 0.266 e. The lowest BCUT2D eigenvalue weighted by Gasteiger charge is -2.27. The molecule has 0 radical (unpaired) electrons. The topological polar surface area (TPSA) is 209 Å². The van der Waals surface area contributed by atoms with Crippen LogP contribution in [0.1, 0.15) is 28.0 Å². The van der Waals surface area contributed by atoms with E-state index in [4.69, 9.17) is 4.74 Å². The van der Waals surface area contributed by atoms with Gasteiger partial charge in [0.05, 0.1) is 5.75 Å². The summed E-state index contributed by atoms with van der Waals surface area (Å²) in [7, 11) is -4.39. The Morgan fingerprint density at radius 3 is 1.97 bits per heavy atom. The number of thiophene rings is 1. The number of nitrogens with one attached hydrogen (secondary N) is 5. The van der Waals surface area contributed by atoms with E-state index in [2.05, 4.69) is 26.6 Å². The lowest BCUT2D eigenvalue weighted by atomic mass is 9.99. The highest BCUT2D eigenvalue weighted by atomic mass is 32.2. The van der Waals surface area contributed by atoms with Gasteiger partial charge in [-0.15, -0.1) is 11.3 Å². The Bertz CT molecular complexity index is 2360. The van der Waals surface area contributed by atoms with Crippen LogP contribution < -0.4 is 31.3 Å². The summed E-state index contributed by atoms with van der Waals surface area (Å²) in [6.07, 6.45) is 0.577. The summed E-state index contributed by atoms with van der Waals surface area (Å²) in [5, 5.41) is 15.5. The number of hydrogen-bond acceptors (Lipinski definition) is 9. The number of carbonyl (C=O) groups excluding carboxylic acids is 5. The highest BCUT2D eigenvalue weighted by Gasteiger charge is 2.32. The number of benzene rings is 4. The van der Waals surface area contributed by atoms with E-state index in [0.29, 0.717) is 23.3 Å². The van der Waals surface area contributed by atoms with Gasteiger partial charge in [0.1, 0.15) is 29.9 Å². The van der Waals surface area contributed by atoms with Crippen LogP contribution in [0.2, 0.25) is 0 Å². The number of aryl methyl sites for hydroxylation is 1. The predicted octanol–water partition coefficient (Wildman–Crippen LogP) is 3.41. The quantitative estimate of drug-likeness (QED) is 0.0802. The van der Waals surface area contributed by atoms with Gasteiger partial charge < -0.3 is 31.3 Å². The van der Waals surface area contributed by atoms with Gasteiger partial charge in [0.25, 0.3) is 16.0 Å². The van der Waals surface area contributed by atoms with Crippen LogP contribution in [0.4, 0.5) is 0 Å². The van der Waals surface area contributed by atoms with Crippen LogP contribution in [0.3, 0.4) is 0 Å². The lowest BCUT2D eigenvalue weighted by molar-refractivity contribution is -0.134. The van der Waals surface area contributed by atoms with E-state index in [1.54, 1.807) is 24.3 Å². The second-order valence-electron chi connectivity index (χ2n) is 14.6. The number of ether oxygens (including phenoxy) is 1. The van der Waals surface area contributed by atoms with Crippen molar-refractivity contribution in [1.82, 2.24) is 26.6 Å². The maximum absolute atomic E-state index is 14.5. The summed E-state index contributed by atoms with van der Waals surface area (Å²) in [6, 6.07) is 32.0. The second kappa shape index (κ2) is 21.2. The first-order valence-electron chi connectivity index (χ1n) is 19.7. The molecule has 7 rings (SSSR count). The Kier molecular flexibility index (Phi) is 15.4. The highest BCUT2D eigenvalue weighted by molar-refractivity contribution is 7.85. The van der Waals surface area contributed by atoms with E-state index in [-0.39, 0.29) is 25.7 Å². The van der Waals surface area contributed by atoms with Crippen molar-refractivity contribution in [3.8, 4) is 16.9 Å². The molecular formula is C45H47N5O9S2. The van der Waals surface area contributed by atoms with Crippen molar-refractivity contribution in [3.63, 3.8) is 0 Å². The largest absolute Gasteiger partial charge is 0.484 e. The molecular weight excluding hydrogens is 819 g/mol. The van der Waals surface area contributed by atoms with Gasteiger partial charge in [0.2, 0.25) is 23.6 Å². The molecule has 0 spiro atoms. The van der Waals surface area contributed by atoms with Crippen molar-refractivity contribution >= 4 is 51.0 Å². The molecule has 0 saturated heterocycles. The van der Waals surface area contributed by atoms with Crippen LogP contribution in [0.25, 0.3) is 11.1 Å². The summed E-state index contributed by atoms with van der Waals surface area (Å²) in [5.41, 5.74) is 4.12. The van der Waals surface area contributed by atoms with Crippen molar-refractivity contribution < 1.29 is 41.7 Å². The van der Waals surface area contributed by atoms with Crippen LogP contribution in [-0.4, -0.2) is 85.6 Å². The van der Waals surface area contributed by atoms with E-state index in [0.717, 1.165) is 21.6 Å². The Morgan fingerprint density at radius 2 is 1.31 bits per heavy atom. The number of amides is 5. The average molecular weight is 866 g/mol. The van der Waals surface area contributed by atoms with E-state index in [1.165, 1.54) is 11.3 Å². The van der Waals surface area contributed by atoms with Gasteiger partial charge >= 0.3 is 0 Å². The van der Waals surface area contributed by atoms with Crippen LogP contribution in [0.5, 0.6) is 5.75 Å². The molecule has 0 unspecified atom stereocenters. The van der Waals surface area contributed by atoms with Gasteiger partial charge in [-0.3, -0.25) is 28.5 Å². The maximum atomic E-state index is 14.5. The van der Waals surface area contributed by atoms with Gasteiger partial charge in [-0.05, 0) is 64.2 Å². The van der Waals surface area contributed by atoms with E-state index >= 15 is 0 Å². The van der Waals surface area contributed by atoms with Gasteiger partial charge in [0.15, 0.2) is 6.61 Å². The van der Waals surface area contributed by atoms with Gasteiger partial charge in [-0.25, -0.2) is 0 Å². The molecule has 0 saturated carbocycles. The van der Waals surface area contributed by atoms with E-state index < -0.39 is 82.7 Å². The molecule has 16 heteroatoms. The third kappa shape index (κ3) is 13.8. The smallest absolute Gasteiger partial charge is 0.266 e. The Hall–Kier alpha value is -6.36. The SMILES string of the molecule is O=C1COc2ccc(cc2)C[C@@H](C(=O)NCCS(=O)(=O)O)NC(=O)[C@H](CCc2ccccc2)NC(=O)[C@@H](Cc2ccc(-c3ccccc3)cc2)NC(=O)[C@H](Cc2cccs2)N1. The van der Waals surface area contributed by atoms with Crippen LogP contribution in [0, 0.1) is 0 Å².